The minimum Gasteiger partial charge on any atom is -0.497 e. The van der Waals surface area contributed by atoms with Gasteiger partial charge in [-0.25, -0.2) is 4.79 Å². The summed E-state index contributed by atoms with van der Waals surface area (Å²) in [5.74, 6) is 2.15. The van der Waals surface area contributed by atoms with Gasteiger partial charge in [0.2, 0.25) is 0 Å². The number of hydrogen-bond acceptors (Lipinski definition) is 2. The third-order valence-electron chi connectivity index (χ3n) is 7.08. The van der Waals surface area contributed by atoms with Crippen molar-refractivity contribution in [2.75, 3.05) is 7.11 Å². The van der Waals surface area contributed by atoms with Gasteiger partial charge in [0.1, 0.15) is 5.75 Å². The minimum absolute atomic E-state index is 0.101. The predicted octanol–water partition coefficient (Wildman–Crippen LogP) is 4.56. The standard InChI is InChI=1S/C21H26O3/c1-21-10-9-17-16-7-5-15(24-2)11-13(16)3-6-18(17)19(21)8-4-14(21)12-20(22)23/h5,7,11-12,17-19H,3-4,6,8-10H2,1-2H3,(H,22,23)/b14-12+/t17-,18-,19-,21-/m1/s1. The lowest BCUT2D eigenvalue weighted by atomic mass is 9.55. The first kappa shape index (κ1) is 15.7. The van der Waals surface area contributed by atoms with Gasteiger partial charge in [0.05, 0.1) is 7.11 Å². The Morgan fingerprint density at radius 1 is 1.29 bits per heavy atom. The van der Waals surface area contributed by atoms with Crippen LogP contribution in [0.25, 0.3) is 0 Å². The summed E-state index contributed by atoms with van der Waals surface area (Å²) in [7, 11) is 1.73. The highest BCUT2D eigenvalue weighted by molar-refractivity contribution is 5.81. The van der Waals surface area contributed by atoms with Gasteiger partial charge in [-0.05, 0) is 85.0 Å². The Labute approximate surface area is 143 Å². The summed E-state index contributed by atoms with van der Waals surface area (Å²) in [4.78, 5) is 11.2. The van der Waals surface area contributed by atoms with Crippen molar-refractivity contribution in [3.8, 4) is 5.75 Å². The second-order valence-electron chi connectivity index (χ2n) is 7.98. The summed E-state index contributed by atoms with van der Waals surface area (Å²) >= 11 is 0. The first-order valence-corrected chi connectivity index (χ1v) is 9.13. The maximum atomic E-state index is 11.2. The molecule has 4 rings (SSSR count). The molecule has 0 saturated heterocycles. The molecular weight excluding hydrogens is 300 g/mol. The molecule has 2 saturated carbocycles. The smallest absolute Gasteiger partial charge is 0.328 e. The zero-order chi connectivity index (χ0) is 16.9. The number of benzene rings is 1. The average Bonchev–Trinajstić information content (AvgIpc) is 2.90. The molecule has 0 aliphatic heterocycles. The SMILES string of the molecule is COc1ccc2c(c1)CC[C@@H]1[C@@H]2CC[C@]2(C)/C(=C/C(=O)O)CC[C@H]12. The predicted molar refractivity (Wildman–Crippen MR) is 93.3 cm³/mol. The molecule has 4 atom stereocenters. The van der Waals surface area contributed by atoms with Crippen LogP contribution in [0.4, 0.5) is 0 Å². The van der Waals surface area contributed by atoms with E-state index in [0.29, 0.717) is 17.8 Å². The van der Waals surface area contributed by atoms with Gasteiger partial charge in [-0.1, -0.05) is 18.6 Å². The molecule has 1 aromatic carbocycles. The lowest BCUT2D eigenvalue weighted by molar-refractivity contribution is -0.131. The number of carboxylic acid groups (broad SMARTS) is 1. The van der Waals surface area contributed by atoms with Crippen LogP contribution in [0.3, 0.4) is 0 Å². The third kappa shape index (κ3) is 2.28. The zero-order valence-electron chi connectivity index (χ0n) is 14.5. The number of carboxylic acids is 1. The fraction of sp³-hybridized carbons (Fsp3) is 0.571. The van der Waals surface area contributed by atoms with Crippen LogP contribution in [-0.2, 0) is 11.2 Å². The fourth-order valence-corrected chi connectivity index (χ4v) is 5.92. The molecule has 2 fully saturated rings. The van der Waals surface area contributed by atoms with Crippen LogP contribution in [0.15, 0.2) is 29.8 Å². The topological polar surface area (TPSA) is 46.5 Å². The van der Waals surface area contributed by atoms with Gasteiger partial charge in [-0.3, -0.25) is 0 Å². The van der Waals surface area contributed by atoms with Gasteiger partial charge in [0, 0.05) is 6.08 Å². The summed E-state index contributed by atoms with van der Waals surface area (Å²) in [5, 5.41) is 9.20. The van der Waals surface area contributed by atoms with Crippen LogP contribution in [-0.4, -0.2) is 18.2 Å². The van der Waals surface area contributed by atoms with Crippen molar-refractivity contribution >= 4 is 5.97 Å². The first-order valence-electron chi connectivity index (χ1n) is 9.13. The molecule has 3 aliphatic rings. The van der Waals surface area contributed by atoms with E-state index in [2.05, 4.69) is 25.1 Å². The largest absolute Gasteiger partial charge is 0.497 e. The molecule has 0 spiro atoms. The molecule has 3 nitrogen and oxygen atoms in total. The molecule has 0 radical (unpaired) electrons. The van der Waals surface area contributed by atoms with Crippen LogP contribution in [0.2, 0.25) is 0 Å². The number of carbonyl (C=O) groups is 1. The van der Waals surface area contributed by atoms with Crippen molar-refractivity contribution in [2.24, 2.45) is 17.3 Å². The Morgan fingerprint density at radius 3 is 2.88 bits per heavy atom. The van der Waals surface area contributed by atoms with E-state index in [9.17, 15) is 9.90 Å². The van der Waals surface area contributed by atoms with E-state index in [1.165, 1.54) is 35.6 Å². The molecule has 128 valence electrons. The fourth-order valence-electron chi connectivity index (χ4n) is 5.92. The van der Waals surface area contributed by atoms with Crippen LogP contribution in [0, 0.1) is 17.3 Å². The number of allylic oxidation sites excluding steroid dienone is 1. The quantitative estimate of drug-likeness (QED) is 0.810. The highest BCUT2D eigenvalue weighted by Gasteiger charge is 2.52. The summed E-state index contributed by atoms with van der Waals surface area (Å²) in [5.41, 5.74) is 4.26. The average molecular weight is 326 g/mol. The molecule has 3 aliphatic carbocycles. The van der Waals surface area contributed by atoms with Crippen LogP contribution >= 0.6 is 0 Å². The molecule has 24 heavy (non-hydrogen) atoms. The number of hydrogen-bond donors (Lipinski definition) is 1. The van der Waals surface area contributed by atoms with E-state index in [0.717, 1.165) is 31.4 Å². The Bertz CT molecular complexity index is 705. The van der Waals surface area contributed by atoms with Crippen molar-refractivity contribution in [3.63, 3.8) is 0 Å². The van der Waals surface area contributed by atoms with Crippen molar-refractivity contribution in [2.45, 2.75) is 51.4 Å². The summed E-state index contributed by atoms with van der Waals surface area (Å²) < 4.78 is 5.39. The first-order chi connectivity index (χ1) is 11.5. The van der Waals surface area contributed by atoms with E-state index in [1.807, 2.05) is 0 Å². The monoisotopic (exact) mass is 326 g/mol. The van der Waals surface area contributed by atoms with Crippen LogP contribution in [0.1, 0.15) is 56.1 Å². The van der Waals surface area contributed by atoms with Gasteiger partial charge in [-0.15, -0.1) is 0 Å². The van der Waals surface area contributed by atoms with Crippen molar-refractivity contribution in [1.29, 1.82) is 0 Å². The number of ether oxygens (including phenoxy) is 1. The van der Waals surface area contributed by atoms with Crippen LogP contribution < -0.4 is 4.74 Å². The Hall–Kier alpha value is -1.77. The van der Waals surface area contributed by atoms with Gasteiger partial charge in [0.15, 0.2) is 0 Å². The molecule has 1 N–H and O–H groups in total. The third-order valence-corrected chi connectivity index (χ3v) is 7.08. The Kier molecular flexibility index (Phi) is 3.70. The van der Waals surface area contributed by atoms with E-state index >= 15 is 0 Å². The lowest BCUT2D eigenvalue weighted by Gasteiger charge is -2.49. The van der Waals surface area contributed by atoms with E-state index < -0.39 is 5.97 Å². The number of methoxy groups -OCH3 is 1. The molecule has 0 aromatic heterocycles. The second kappa shape index (κ2) is 5.65. The van der Waals surface area contributed by atoms with Gasteiger partial charge >= 0.3 is 5.97 Å². The van der Waals surface area contributed by atoms with E-state index in [-0.39, 0.29) is 5.41 Å². The Balaban J connectivity index is 1.66. The minimum atomic E-state index is -0.782. The van der Waals surface area contributed by atoms with Gasteiger partial charge in [-0.2, -0.15) is 0 Å². The van der Waals surface area contributed by atoms with Gasteiger partial charge < -0.3 is 9.84 Å². The molecule has 0 amide bonds. The van der Waals surface area contributed by atoms with Crippen molar-refractivity contribution in [3.05, 3.63) is 41.0 Å². The zero-order valence-corrected chi connectivity index (χ0v) is 14.5. The number of rotatable bonds is 2. The summed E-state index contributed by atoms with van der Waals surface area (Å²) in [6.07, 6.45) is 8.26. The highest BCUT2D eigenvalue weighted by atomic mass is 16.5. The number of aryl methyl sites for hydroxylation is 1. The van der Waals surface area contributed by atoms with Crippen molar-refractivity contribution < 1.29 is 14.6 Å². The second-order valence-corrected chi connectivity index (χ2v) is 7.98. The normalized spacial score (nSPS) is 35.9. The maximum Gasteiger partial charge on any atom is 0.328 e. The number of aliphatic carboxylic acids is 1. The lowest BCUT2D eigenvalue weighted by Crippen LogP contribution is -2.40. The van der Waals surface area contributed by atoms with Crippen LogP contribution in [0.5, 0.6) is 5.75 Å². The summed E-state index contributed by atoms with van der Waals surface area (Å²) in [6, 6.07) is 6.58. The number of fused-ring (bicyclic) bond motifs is 5. The van der Waals surface area contributed by atoms with E-state index in [4.69, 9.17) is 4.74 Å². The highest BCUT2D eigenvalue weighted by Crippen LogP contribution is 2.62. The molecule has 0 heterocycles. The van der Waals surface area contributed by atoms with Gasteiger partial charge in [0.25, 0.3) is 0 Å². The molecule has 1 aromatic rings. The molecule has 0 unspecified atom stereocenters. The molecular formula is C21H26O3. The van der Waals surface area contributed by atoms with E-state index in [1.54, 1.807) is 7.11 Å². The maximum absolute atomic E-state index is 11.2. The molecule has 3 heteroatoms. The van der Waals surface area contributed by atoms with Crippen molar-refractivity contribution in [1.82, 2.24) is 0 Å². The Morgan fingerprint density at radius 2 is 2.12 bits per heavy atom. The summed E-state index contributed by atoms with van der Waals surface area (Å²) in [6.45, 7) is 2.32. The molecule has 0 bridgehead atoms.